The predicted molar refractivity (Wildman–Crippen MR) is 97.8 cm³/mol. The van der Waals surface area contributed by atoms with E-state index in [1.54, 1.807) is 18.3 Å². The van der Waals surface area contributed by atoms with Crippen molar-refractivity contribution in [3.63, 3.8) is 0 Å². The van der Waals surface area contributed by atoms with Crippen molar-refractivity contribution in [2.75, 3.05) is 6.54 Å². The van der Waals surface area contributed by atoms with Gasteiger partial charge in [-0.3, -0.25) is 9.88 Å². The van der Waals surface area contributed by atoms with Gasteiger partial charge in [0.1, 0.15) is 11.5 Å². The topological polar surface area (TPSA) is 42.2 Å². The first kappa shape index (κ1) is 16.9. The van der Waals surface area contributed by atoms with E-state index in [0.29, 0.717) is 0 Å². The molecule has 3 aromatic rings. The molecule has 3 heterocycles. The lowest BCUT2D eigenvalue weighted by Crippen LogP contribution is -2.28. The highest BCUT2D eigenvalue weighted by molar-refractivity contribution is 5.58. The Morgan fingerprint density at radius 2 is 2.00 bits per heavy atom. The standard InChI is InChI=1S/C21H22FN3O/c22-18-9-7-17(8-10-18)19-13-21(26-24-19)20-6-2-1-3-12-25(20)15-16-5-4-11-23-14-16/h4-5,7-11,13-14,20H,1-3,6,12,15H2. The molecule has 1 fully saturated rings. The zero-order valence-corrected chi connectivity index (χ0v) is 14.6. The molecule has 0 saturated carbocycles. The number of halogens is 1. The first-order chi connectivity index (χ1) is 12.8. The maximum Gasteiger partial charge on any atom is 0.154 e. The Bertz CT molecular complexity index is 832. The molecule has 4 rings (SSSR count). The quantitative estimate of drug-likeness (QED) is 0.664. The van der Waals surface area contributed by atoms with Gasteiger partial charge in [0.05, 0.1) is 6.04 Å². The number of rotatable bonds is 4. The summed E-state index contributed by atoms with van der Waals surface area (Å²) < 4.78 is 18.9. The van der Waals surface area contributed by atoms with Gasteiger partial charge in [0.15, 0.2) is 5.76 Å². The summed E-state index contributed by atoms with van der Waals surface area (Å²) in [5.41, 5.74) is 2.83. The van der Waals surface area contributed by atoms with Crippen molar-refractivity contribution in [3.05, 3.63) is 72.0 Å². The molecule has 1 aliphatic heterocycles. The van der Waals surface area contributed by atoms with Crippen LogP contribution >= 0.6 is 0 Å². The molecule has 0 radical (unpaired) electrons. The average molecular weight is 351 g/mol. The van der Waals surface area contributed by atoms with Crippen LogP contribution in [0, 0.1) is 5.82 Å². The van der Waals surface area contributed by atoms with E-state index < -0.39 is 0 Å². The second kappa shape index (κ2) is 7.79. The smallest absolute Gasteiger partial charge is 0.154 e. The number of likely N-dealkylation sites (tertiary alicyclic amines) is 1. The summed E-state index contributed by atoms with van der Waals surface area (Å²) in [6.45, 7) is 1.89. The maximum absolute atomic E-state index is 13.1. The monoisotopic (exact) mass is 351 g/mol. The molecule has 0 aliphatic carbocycles. The highest BCUT2D eigenvalue weighted by atomic mass is 19.1. The third kappa shape index (κ3) is 3.83. The number of hydrogen-bond donors (Lipinski definition) is 0. The highest BCUT2D eigenvalue weighted by Gasteiger charge is 2.26. The molecule has 0 bridgehead atoms. The summed E-state index contributed by atoms with van der Waals surface area (Å²) in [4.78, 5) is 6.69. The van der Waals surface area contributed by atoms with Gasteiger partial charge in [-0.1, -0.05) is 24.1 Å². The van der Waals surface area contributed by atoms with Crippen molar-refractivity contribution in [1.29, 1.82) is 0 Å². The molecule has 26 heavy (non-hydrogen) atoms. The normalized spacial score (nSPS) is 18.6. The Morgan fingerprint density at radius 3 is 2.81 bits per heavy atom. The van der Waals surface area contributed by atoms with Crippen molar-refractivity contribution in [1.82, 2.24) is 15.0 Å². The van der Waals surface area contributed by atoms with E-state index in [-0.39, 0.29) is 11.9 Å². The molecule has 1 aliphatic rings. The molecule has 1 saturated heterocycles. The van der Waals surface area contributed by atoms with Gasteiger partial charge in [0.25, 0.3) is 0 Å². The first-order valence-corrected chi connectivity index (χ1v) is 9.15. The minimum absolute atomic E-state index is 0.208. The van der Waals surface area contributed by atoms with E-state index in [0.717, 1.165) is 36.5 Å². The summed E-state index contributed by atoms with van der Waals surface area (Å²) in [7, 11) is 0. The third-order valence-electron chi connectivity index (χ3n) is 4.97. The van der Waals surface area contributed by atoms with Crippen LogP contribution in [0.2, 0.25) is 0 Å². The van der Waals surface area contributed by atoms with Crippen molar-refractivity contribution >= 4 is 0 Å². The predicted octanol–water partition coefficient (Wildman–Crippen LogP) is 4.99. The van der Waals surface area contributed by atoms with Gasteiger partial charge in [-0.05, 0) is 55.3 Å². The maximum atomic E-state index is 13.1. The largest absolute Gasteiger partial charge is 0.359 e. The Kier molecular flexibility index (Phi) is 5.07. The van der Waals surface area contributed by atoms with Gasteiger partial charge in [-0.2, -0.15) is 0 Å². The molecule has 1 aromatic carbocycles. The fourth-order valence-electron chi connectivity index (χ4n) is 3.61. The van der Waals surface area contributed by atoms with Crippen LogP contribution in [-0.4, -0.2) is 21.6 Å². The van der Waals surface area contributed by atoms with Crippen LogP contribution in [0.3, 0.4) is 0 Å². The summed E-state index contributed by atoms with van der Waals surface area (Å²) in [5.74, 6) is 0.638. The molecule has 0 N–H and O–H groups in total. The number of nitrogens with zero attached hydrogens (tertiary/aromatic N) is 3. The molecule has 4 nitrogen and oxygen atoms in total. The lowest BCUT2D eigenvalue weighted by Gasteiger charge is -2.27. The minimum atomic E-state index is -0.246. The average Bonchev–Trinajstić information content (AvgIpc) is 3.04. The van der Waals surface area contributed by atoms with Crippen molar-refractivity contribution in [3.8, 4) is 11.3 Å². The highest BCUT2D eigenvalue weighted by Crippen LogP contribution is 2.33. The van der Waals surface area contributed by atoms with Crippen LogP contribution in [0.4, 0.5) is 4.39 Å². The Labute approximate surface area is 152 Å². The molecular formula is C21H22FN3O. The Balaban J connectivity index is 1.58. The van der Waals surface area contributed by atoms with Gasteiger partial charge >= 0.3 is 0 Å². The molecule has 1 atom stereocenters. The van der Waals surface area contributed by atoms with Crippen LogP contribution in [-0.2, 0) is 6.54 Å². The first-order valence-electron chi connectivity index (χ1n) is 9.15. The van der Waals surface area contributed by atoms with Crippen LogP contribution in [0.1, 0.15) is 43.0 Å². The molecule has 2 aromatic heterocycles. The van der Waals surface area contributed by atoms with Crippen molar-refractivity contribution in [2.45, 2.75) is 38.3 Å². The summed E-state index contributed by atoms with van der Waals surface area (Å²) in [5, 5.41) is 4.23. The molecule has 5 heteroatoms. The van der Waals surface area contributed by atoms with Gasteiger partial charge in [-0.15, -0.1) is 0 Å². The zero-order chi connectivity index (χ0) is 17.8. The van der Waals surface area contributed by atoms with Gasteiger partial charge in [0, 0.05) is 30.6 Å². The fraction of sp³-hybridized carbons (Fsp3) is 0.333. The van der Waals surface area contributed by atoms with Crippen LogP contribution in [0.25, 0.3) is 11.3 Å². The Morgan fingerprint density at radius 1 is 1.12 bits per heavy atom. The SMILES string of the molecule is Fc1ccc(-c2cc(C3CCCCCN3Cc3cccnc3)on2)cc1. The van der Waals surface area contributed by atoms with Gasteiger partial charge in [-0.25, -0.2) is 4.39 Å². The fourth-order valence-corrected chi connectivity index (χ4v) is 3.61. The molecule has 0 spiro atoms. The lowest BCUT2D eigenvalue weighted by atomic mass is 10.1. The third-order valence-corrected chi connectivity index (χ3v) is 4.97. The number of aromatic nitrogens is 2. The van der Waals surface area contributed by atoms with Gasteiger partial charge in [0.2, 0.25) is 0 Å². The van der Waals surface area contributed by atoms with Gasteiger partial charge < -0.3 is 4.52 Å². The summed E-state index contributed by atoms with van der Waals surface area (Å²) in [6, 6.07) is 12.7. The second-order valence-corrected chi connectivity index (χ2v) is 6.82. The van der Waals surface area contributed by atoms with E-state index in [4.69, 9.17) is 4.52 Å². The number of benzene rings is 1. The zero-order valence-electron chi connectivity index (χ0n) is 14.6. The van der Waals surface area contributed by atoms with Crippen LogP contribution < -0.4 is 0 Å². The van der Waals surface area contributed by atoms with E-state index in [1.807, 2.05) is 18.3 Å². The minimum Gasteiger partial charge on any atom is -0.359 e. The number of pyridine rings is 1. The van der Waals surface area contributed by atoms with Crippen molar-refractivity contribution in [2.24, 2.45) is 0 Å². The molecule has 1 unspecified atom stereocenters. The van der Waals surface area contributed by atoms with E-state index in [2.05, 4.69) is 21.1 Å². The van der Waals surface area contributed by atoms with E-state index in [9.17, 15) is 4.39 Å². The molecular weight excluding hydrogens is 329 g/mol. The molecule has 134 valence electrons. The Hall–Kier alpha value is -2.53. The van der Waals surface area contributed by atoms with E-state index >= 15 is 0 Å². The van der Waals surface area contributed by atoms with Crippen LogP contribution in [0.15, 0.2) is 59.4 Å². The van der Waals surface area contributed by atoms with Crippen LogP contribution in [0.5, 0.6) is 0 Å². The van der Waals surface area contributed by atoms with E-state index in [1.165, 1.54) is 37.0 Å². The lowest BCUT2D eigenvalue weighted by molar-refractivity contribution is 0.160. The van der Waals surface area contributed by atoms with Crippen molar-refractivity contribution < 1.29 is 8.91 Å². The summed E-state index contributed by atoms with van der Waals surface area (Å²) >= 11 is 0. The summed E-state index contributed by atoms with van der Waals surface area (Å²) in [6.07, 6.45) is 8.38. The molecule has 0 amide bonds. The second-order valence-electron chi connectivity index (χ2n) is 6.82. The number of hydrogen-bond acceptors (Lipinski definition) is 4.